The first-order chi connectivity index (χ1) is 11.9. The Morgan fingerprint density at radius 3 is 2.24 bits per heavy atom. The number of hydrogen-bond acceptors (Lipinski definition) is 3. The van der Waals surface area contributed by atoms with Crippen molar-refractivity contribution in [2.45, 2.75) is 13.3 Å². The molecule has 0 radical (unpaired) electrons. The summed E-state index contributed by atoms with van der Waals surface area (Å²) in [5.74, 6) is -3.37. The fourth-order valence-corrected chi connectivity index (χ4v) is 2.20. The van der Waals surface area contributed by atoms with Gasteiger partial charge in [-0.05, 0) is 42.8 Å². The van der Waals surface area contributed by atoms with Crippen LogP contribution in [0.15, 0.2) is 42.5 Å². The first-order valence-corrected chi connectivity index (χ1v) is 7.56. The van der Waals surface area contributed by atoms with Crippen molar-refractivity contribution in [2.24, 2.45) is 0 Å². The molecule has 2 rings (SSSR count). The standard InChI is InChI=1S/C18H16F3NO3/c1-2-25-18(24)11-22(15-7-5-13(19)6-8-15)17(23)9-12-3-4-14(20)10-16(12)21/h3-8,10H,2,9,11H2,1H3. The Morgan fingerprint density at radius 2 is 1.64 bits per heavy atom. The molecule has 0 atom stereocenters. The van der Waals surface area contributed by atoms with Crippen LogP contribution in [-0.2, 0) is 20.7 Å². The summed E-state index contributed by atoms with van der Waals surface area (Å²) in [6.45, 7) is 1.35. The number of amides is 1. The summed E-state index contributed by atoms with van der Waals surface area (Å²) in [6, 6.07) is 7.81. The van der Waals surface area contributed by atoms with E-state index in [-0.39, 0.29) is 24.3 Å². The molecule has 2 aromatic carbocycles. The van der Waals surface area contributed by atoms with E-state index in [2.05, 4.69) is 0 Å². The molecule has 0 aliphatic rings. The van der Waals surface area contributed by atoms with E-state index in [4.69, 9.17) is 4.74 Å². The van der Waals surface area contributed by atoms with Crippen molar-refractivity contribution < 1.29 is 27.5 Å². The van der Waals surface area contributed by atoms with Crippen LogP contribution in [0.3, 0.4) is 0 Å². The zero-order valence-corrected chi connectivity index (χ0v) is 13.5. The Kier molecular flexibility index (Phi) is 6.16. The second-order valence-electron chi connectivity index (χ2n) is 5.17. The summed E-state index contributed by atoms with van der Waals surface area (Å²) < 4.78 is 44.7. The van der Waals surface area contributed by atoms with Crippen LogP contribution >= 0.6 is 0 Å². The van der Waals surface area contributed by atoms with Gasteiger partial charge in [0, 0.05) is 11.8 Å². The highest BCUT2D eigenvalue weighted by atomic mass is 19.1. The molecular weight excluding hydrogens is 335 g/mol. The lowest BCUT2D eigenvalue weighted by Gasteiger charge is -2.22. The van der Waals surface area contributed by atoms with E-state index in [9.17, 15) is 22.8 Å². The second kappa shape index (κ2) is 8.32. The summed E-state index contributed by atoms with van der Waals surface area (Å²) in [5, 5.41) is 0. The molecule has 0 aromatic heterocycles. The molecule has 7 heteroatoms. The van der Waals surface area contributed by atoms with E-state index in [1.165, 1.54) is 12.1 Å². The summed E-state index contributed by atoms with van der Waals surface area (Å²) >= 11 is 0. The van der Waals surface area contributed by atoms with Gasteiger partial charge in [0.25, 0.3) is 0 Å². The van der Waals surface area contributed by atoms with Crippen LogP contribution in [0, 0.1) is 17.5 Å². The van der Waals surface area contributed by atoms with Gasteiger partial charge in [-0.1, -0.05) is 6.07 Å². The van der Waals surface area contributed by atoms with E-state index < -0.39 is 35.9 Å². The van der Waals surface area contributed by atoms with Gasteiger partial charge in [0.15, 0.2) is 0 Å². The molecule has 0 spiro atoms. The van der Waals surface area contributed by atoms with Gasteiger partial charge in [0.05, 0.1) is 13.0 Å². The molecule has 0 aliphatic heterocycles. The minimum Gasteiger partial charge on any atom is -0.465 e. The lowest BCUT2D eigenvalue weighted by molar-refractivity contribution is -0.142. The molecule has 0 unspecified atom stereocenters. The van der Waals surface area contributed by atoms with Crippen molar-refractivity contribution in [3.8, 4) is 0 Å². The second-order valence-corrected chi connectivity index (χ2v) is 5.17. The van der Waals surface area contributed by atoms with Crippen LogP contribution in [0.25, 0.3) is 0 Å². The number of hydrogen-bond donors (Lipinski definition) is 0. The minimum atomic E-state index is -0.858. The zero-order chi connectivity index (χ0) is 18.4. The SMILES string of the molecule is CCOC(=O)CN(C(=O)Cc1ccc(F)cc1F)c1ccc(F)cc1. The van der Waals surface area contributed by atoms with Gasteiger partial charge in [-0.3, -0.25) is 9.59 Å². The number of halogens is 3. The molecular formula is C18H16F3NO3. The topological polar surface area (TPSA) is 46.6 Å². The van der Waals surface area contributed by atoms with E-state index in [0.717, 1.165) is 29.2 Å². The molecule has 4 nitrogen and oxygen atoms in total. The van der Waals surface area contributed by atoms with Crippen molar-refractivity contribution in [3.05, 3.63) is 65.5 Å². The van der Waals surface area contributed by atoms with Crippen molar-refractivity contribution in [2.75, 3.05) is 18.1 Å². The van der Waals surface area contributed by atoms with Crippen LogP contribution in [0.5, 0.6) is 0 Å². The first kappa shape index (κ1) is 18.5. The molecule has 0 aliphatic carbocycles. The third kappa shape index (κ3) is 5.07. The molecule has 1 amide bonds. The predicted octanol–water partition coefficient (Wildman–Crippen LogP) is 3.24. The number of benzene rings is 2. The summed E-state index contributed by atoms with van der Waals surface area (Å²) in [4.78, 5) is 25.4. The zero-order valence-electron chi connectivity index (χ0n) is 13.5. The van der Waals surface area contributed by atoms with Crippen LogP contribution in [0.1, 0.15) is 12.5 Å². The Balaban J connectivity index is 2.25. The summed E-state index contributed by atoms with van der Waals surface area (Å²) in [7, 11) is 0. The molecule has 0 saturated heterocycles. The highest BCUT2D eigenvalue weighted by Crippen LogP contribution is 2.18. The van der Waals surface area contributed by atoms with E-state index in [1.54, 1.807) is 6.92 Å². The number of anilines is 1. The molecule has 0 N–H and O–H groups in total. The average Bonchev–Trinajstić information content (AvgIpc) is 2.56. The maximum Gasteiger partial charge on any atom is 0.326 e. The molecule has 25 heavy (non-hydrogen) atoms. The van der Waals surface area contributed by atoms with E-state index >= 15 is 0 Å². The van der Waals surface area contributed by atoms with Crippen LogP contribution < -0.4 is 4.90 Å². The minimum absolute atomic E-state index is 0.0117. The third-order valence-electron chi connectivity index (χ3n) is 3.39. The summed E-state index contributed by atoms with van der Waals surface area (Å²) in [6.07, 6.45) is -0.386. The van der Waals surface area contributed by atoms with Gasteiger partial charge in [-0.2, -0.15) is 0 Å². The van der Waals surface area contributed by atoms with Gasteiger partial charge < -0.3 is 9.64 Å². The first-order valence-electron chi connectivity index (χ1n) is 7.56. The van der Waals surface area contributed by atoms with Crippen LogP contribution in [0.4, 0.5) is 18.9 Å². The number of esters is 1. The Hall–Kier alpha value is -2.83. The molecule has 2 aromatic rings. The van der Waals surface area contributed by atoms with Gasteiger partial charge in [-0.25, -0.2) is 13.2 Å². The van der Waals surface area contributed by atoms with Crippen molar-refractivity contribution in [1.29, 1.82) is 0 Å². The van der Waals surface area contributed by atoms with Crippen molar-refractivity contribution in [1.82, 2.24) is 0 Å². The largest absolute Gasteiger partial charge is 0.465 e. The van der Waals surface area contributed by atoms with Gasteiger partial charge in [0.2, 0.25) is 5.91 Å². The van der Waals surface area contributed by atoms with E-state index in [1.807, 2.05) is 0 Å². The van der Waals surface area contributed by atoms with Gasteiger partial charge in [0.1, 0.15) is 24.0 Å². The summed E-state index contributed by atoms with van der Waals surface area (Å²) in [5.41, 5.74) is 0.254. The lowest BCUT2D eigenvalue weighted by atomic mass is 10.1. The Labute approximate surface area is 142 Å². The van der Waals surface area contributed by atoms with Crippen molar-refractivity contribution >= 4 is 17.6 Å². The Morgan fingerprint density at radius 1 is 1.00 bits per heavy atom. The highest BCUT2D eigenvalue weighted by Gasteiger charge is 2.21. The maximum atomic E-state index is 13.8. The molecule has 132 valence electrons. The predicted molar refractivity (Wildman–Crippen MR) is 85.4 cm³/mol. The smallest absolute Gasteiger partial charge is 0.326 e. The van der Waals surface area contributed by atoms with E-state index in [0.29, 0.717) is 6.07 Å². The maximum absolute atomic E-state index is 13.8. The fraction of sp³-hybridized carbons (Fsp3) is 0.222. The monoisotopic (exact) mass is 351 g/mol. The fourth-order valence-electron chi connectivity index (χ4n) is 2.20. The third-order valence-corrected chi connectivity index (χ3v) is 3.39. The molecule has 0 fully saturated rings. The number of carbonyl (C=O) groups excluding carboxylic acids is 2. The van der Waals surface area contributed by atoms with Crippen molar-refractivity contribution in [3.63, 3.8) is 0 Å². The number of nitrogens with zero attached hydrogens (tertiary/aromatic N) is 1. The molecule has 0 bridgehead atoms. The van der Waals surface area contributed by atoms with Crippen LogP contribution in [0.2, 0.25) is 0 Å². The van der Waals surface area contributed by atoms with Gasteiger partial charge >= 0.3 is 5.97 Å². The quantitative estimate of drug-likeness (QED) is 0.751. The number of carbonyl (C=O) groups is 2. The lowest BCUT2D eigenvalue weighted by Crippen LogP contribution is -2.37. The Bertz CT molecular complexity index is 763. The van der Waals surface area contributed by atoms with Crippen LogP contribution in [-0.4, -0.2) is 25.0 Å². The number of ether oxygens (including phenoxy) is 1. The molecule has 0 saturated carbocycles. The molecule has 0 heterocycles. The average molecular weight is 351 g/mol. The number of rotatable bonds is 6. The normalized spacial score (nSPS) is 10.4. The highest BCUT2D eigenvalue weighted by molar-refractivity contribution is 5.98. The van der Waals surface area contributed by atoms with Gasteiger partial charge in [-0.15, -0.1) is 0 Å².